The van der Waals surface area contributed by atoms with E-state index in [1.54, 1.807) is 0 Å². The number of alkyl halides is 3. The summed E-state index contributed by atoms with van der Waals surface area (Å²) in [5.74, 6) is 0. The lowest BCUT2D eigenvalue weighted by Crippen LogP contribution is -2.59. The molecule has 2 aliphatic rings. The van der Waals surface area contributed by atoms with Gasteiger partial charge in [-0.1, -0.05) is 39.4 Å². The van der Waals surface area contributed by atoms with Crippen molar-refractivity contribution in [3.8, 4) is 0 Å². The van der Waals surface area contributed by atoms with Crippen LogP contribution in [0.3, 0.4) is 0 Å². The number of piperidine rings is 1. The van der Waals surface area contributed by atoms with Crippen molar-refractivity contribution in [3.63, 3.8) is 0 Å². The Balaban J connectivity index is 1.31. The van der Waals surface area contributed by atoms with Crippen molar-refractivity contribution in [2.24, 2.45) is 5.41 Å². The van der Waals surface area contributed by atoms with Gasteiger partial charge in [-0.3, -0.25) is 19.8 Å². The molecule has 0 bridgehead atoms. The van der Waals surface area contributed by atoms with E-state index in [-0.39, 0.29) is 15.5 Å². The Morgan fingerprint density at radius 2 is 1.80 bits per heavy atom. The molecule has 0 unspecified atom stereocenters. The van der Waals surface area contributed by atoms with Gasteiger partial charge >= 0.3 is 6.18 Å². The molecule has 2 saturated heterocycles. The normalized spacial score (nSPS) is 18.1. The van der Waals surface area contributed by atoms with Crippen molar-refractivity contribution in [2.75, 3.05) is 31.1 Å². The van der Waals surface area contributed by atoms with Crippen LogP contribution in [0.25, 0.3) is 10.1 Å². The van der Waals surface area contributed by atoms with Crippen molar-refractivity contribution >= 4 is 48.2 Å². The minimum atomic E-state index is -4.80. The standard InChI is InChI=1S/C23H20BrF3N4O3S/c24-16-3-1-14(2-4-16)11-29-12-22(13-29)5-7-30(8-6-22)21-28-20(32)17-9-15(23(25,26)27)10-18(31(33)34)19(17)35-21/h1-4,9-10H,5-8,11-13H2. The van der Waals surface area contributed by atoms with E-state index in [4.69, 9.17) is 0 Å². The van der Waals surface area contributed by atoms with E-state index in [2.05, 4.69) is 37.9 Å². The minimum Gasteiger partial charge on any atom is -0.348 e. The van der Waals surface area contributed by atoms with Gasteiger partial charge in [0.15, 0.2) is 5.13 Å². The molecule has 12 heteroatoms. The lowest BCUT2D eigenvalue weighted by molar-refractivity contribution is -0.383. The van der Waals surface area contributed by atoms with E-state index >= 15 is 0 Å². The van der Waals surface area contributed by atoms with Gasteiger partial charge in [0.2, 0.25) is 0 Å². The first-order valence-corrected chi connectivity index (χ1v) is 12.6. The topological polar surface area (TPSA) is 79.6 Å². The molecule has 3 aromatic rings. The second-order valence-corrected chi connectivity index (χ2v) is 11.1. The monoisotopic (exact) mass is 568 g/mol. The summed E-state index contributed by atoms with van der Waals surface area (Å²) in [6, 6.07) is 9.39. The number of nitro groups is 1. The van der Waals surface area contributed by atoms with Crippen molar-refractivity contribution in [1.29, 1.82) is 0 Å². The highest BCUT2D eigenvalue weighted by Gasteiger charge is 2.45. The van der Waals surface area contributed by atoms with Gasteiger partial charge in [0, 0.05) is 43.3 Å². The maximum atomic E-state index is 13.2. The van der Waals surface area contributed by atoms with Gasteiger partial charge in [-0.25, -0.2) is 0 Å². The number of fused-ring (bicyclic) bond motifs is 1. The quantitative estimate of drug-likeness (QED) is 0.307. The highest BCUT2D eigenvalue weighted by molar-refractivity contribution is 9.10. The summed E-state index contributed by atoms with van der Waals surface area (Å²) in [6.45, 7) is 4.11. The maximum absolute atomic E-state index is 13.2. The fraction of sp³-hybridized carbons (Fsp3) is 0.391. The second kappa shape index (κ2) is 8.82. The Morgan fingerprint density at radius 3 is 2.40 bits per heavy atom. The number of rotatable bonds is 4. The van der Waals surface area contributed by atoms with Crippen molar-refractivity contribution in [1.82, 2.24) is 9.88 Å². The summed E-state index contributed by atoms with van der Waals surface area (Å²) in [7, 11) is 0. The summed E-state index contributed by atoms with van der Waals surface area (Å²) in [5, 5.41) is 11.4. The van der Waals surface area contributed by atoms with Crippen LogP contribution in [0.5, 0.6) is 0 Å². The molecule has 35 heavy (non-hydrogen) atoms. The average molecular weight is 569 g/mol. The number of likely N-dealkylation sites (tertiary alicyclic amines) is 1. The Labute approximate surface area is 210 Å². The zero-order chi connectivity index (χ0) is 25.0. The Hall–Kier alpha value is -2.57. The molecule has 0 amide bonds. The molecule has 184 valence electrons. The number of nitrogens with zero attached hydrogens (tertiary/aromatic N) is 4. The first-order chi connectivity index (χ1) is 16.5. The van der Waals surface area contributed by atoms with Crippen molar-refractivity contribution in [3.05, 3.63) is 72.5 Å². The molecule has 0 radical (unpaired) electrons. The zero-order valence-corrected chi connectivity index (χ0v) is 20.8. The number of benzene rings is 2. The van der Waals surface area contributed by atoms with Crippen LogP contribution in [-0.4, -0.2) is 41.0 Å². The van der Waals surface area contributed by atoms with E-state index in [9.17, 15) is 28.1 Å². The number of aromatic nitrogens is 1. The van der Waals surface area contributed by atoms with Gasteiger partial charge in [-0.05, 0) is 42.0 Å². The number of anilines is 1. The molecule has 0 atom stereocenters. The highest BCUT2D eigenvalue weighted by Crippen LogP contribution is 2.43. The smallest absolute Gasteiger partial charge is 0.348 e. The molecule has 0 saturated carbocycles. The van der Waals surface area contributed by atoms with Crippen LogP contribution in [0.1, 0.15) is 24.0 Å². The van der Waals surface area contributed by atoms with Gasteiger partial charge in [-0.15, -0.1) is 0 Å². The third kappa shape index (κ3) is 4.78. The third-order valence-corrected chi connectivity index (χ3v) is 8.44. The molecule has 0 aliphatic carbocycles. The summed E-state index contributed by atoms with van der Waals surface area (Å²) >= 11 is 4.35. The summed E-state index contributed by atoms with van der Waals surface area (Å²) in [6.07, 6.45) is -3.02. The summed E-state index contributed by atoms with van der Waals surface area (Å²) < 4.78 is 40.5. The van der Waals surface area contributed by atoms with Crippen LogP contribution >= 0.6 is 27.3 Å². The Morgan fingerprint density at radius 1 is 1.14 bits per heavy atom. The van der Waals surface area contributed by atoms with E-state index in [1.165, 1.54) is 5.56 Å². The Kier molecular flexibility index (Phi) is 6.09. The largest absolute Gasteiger partial charge is 0.416 e. The molecule has 3 heterocycles. The number of hydrogen-bond acceptors (Lipinski definition) is 7. The molecule has 2 aliphatic heterocycles. The van der Waals surface area contributed by atoms with E-state index < -0.39 is 27.9 Å². The van der Waals surface area contributed by atoms with Gasteiger partial charge in [0.1, 0.15) is 4.70 Å². The predicted molar refractivity (Wildman–Crippen MR) is 131 cm³/mol. The van der Waals surface area contributed by atoms with Crippen LogP contribution in [0.15, 0.2) is 45.7 Å². The van der Waals surface area contributed by atoms with Gasteiger partial charge in [0.05, 0.1) is 15.9 Å². The van der Waals surface area contributed by atoms with Crippen LogP contribution in [0, 0.1) is 15.5 Å². The first-order valence-electron chi connectivity index (χ1n) is 11.0. The van der Waals surface area contributed by atoms with E-state index in [0.717, 1.165) is 48.3 Å². The van der Waals surface area contributed by atoms with Gasteiger partial charge < -0.3 is 4.90 Å². The third-order valence-electron chi connectivity index (χ3n) is 6.75. The summed E-state index contributed by atoms with van der Waals surface area (Å²) in [5.41, 5.74) is -1.39. The minimum absolute atomic E-state index is 0.0809. The SMILES string of the molecule is O=c1nc(N2CCC3(CC2)CN(Cc2ccc(Br)cc2)C3)sc2c([N+](=O)[O-])cc(C(F)(F)F)cc12. The number of hydrogen-bond donors (Lipinski definition) is 0. The molecule has 0 N–H and O–H groups in total. The number of non-ortho nitro benzene ring substituents is 1. The molecular formula is C23H20BrF3N4O3S. The fourth-order valence-electron chi connectivity index (χ4n) is 4.93. The fourth-order valence-corrected chi connectivity index (χ4v) is 6.31. The molecule has 2 aromatic carbocycles. The second-order valence-electron chi connectivity index (χ2n) is 9.19. The molecule has 1 spiro atoms. The lowest BCUT2D eigenvalue weighted by Gasteiger charge is -2.54. The van der Waals surface area contributed by atoms with E-state index in [0.29, 0.717) is 30.4 Å². The molecule has 2 fully saturated rings. The lowest BCUT2D eigenvalue weighted by atomic mass is 9.72. The summed E-state index contributed by atoms with van der Waals surface area (Å²) in [4.78, 5) is 31.5. The first kappa shape index (κ1) is 24.1. The Bertz CT molecular complexity index is 1350. The van der Waals surface area contributed by atoms with Crippen molar-refractivity contribution < 1.29 is 18.1 Å². The predicted octanol–water partition coefficient (Wildman–Crippen LogP) is 5.45. The maximum Gasteiger partial charge on any atom is 0.416 e. The molecule has 7 nitrogen and oxygen atoms in total. The van der Waals surface area contributed by atoms with Crippen molar-refractivity contribution in [2.45, 2.75) is 25.6 Å². The van der Waals surface area contributed by atoms with Crippen LogP contribution in [-0.2, 0) is 12.7 Å². The van der Waals surface area contributed by atoms with Crippen LogP contribution in [0.2, 0.25) is 0 Å². The van der Waals surface area contributed by atoms with Gasteiger partial charge in [-0.2, -0.15) is 18.2 Å². The van der Waals surface area contributed by atoms with E-state index in [1.807, 2.05) is 17.0 Å². The molecule has 1 aromatic heterocycles. The zero-order valence-electron chi connectivity index (χ0n) is 18.3. The number of halogens is 4. The average Bonchev–Trinajstić information content (AvgIpc) is 2.78. The van der Waals surface area contributed by atoms with Crippen LogP contribution < -0.4 is 10.5 Å². The number of nitro benzene ring substituents is 1. The van der Waals surface area contributed by atoms with Crippen LogP contribution in [0.4, 0.5) is 24.0 Å². The molecule has 5 rings (SSSR count). The molecular weight excluding hydrogens is 549 g/mol. The highest BCUT2D eigenvalue weighted by atomic mass is 79.9. The van der Waals surface area contributed by atoms with Gasteiger partial charge in [0.25, 0.3) is 11.2 Å².